The summed E-state index contributed by atoms with van der Waals surface area (Å²) in [4.78, 5) is 35.8. The number of piperidine rings is 1. The van der Waals surface area contributed by atoms with E-state index >= 15 is 0 Å². The van der Waals surface area contributed by atoms with Gasteiger partial charge in [0.1, 0.15) is 10.7 Å². The van der Waals surface area contributed by atoms with Crippen LogP contribution in [0, 0.1) is 13.8 Å². The van der Waals surface area contributed by atoms with E-state index in [0.29, 0.717) is 30.1 Å². The lowest BCUT2D eigenvalue weighted by Gasteiger charge is -2.31. The average Bonchev–Trinajstić information content (AvgIpc) is 2.87. The van der Waals surface area contributed by atoms with Crippen LogP contribution < -0.4 is 10.9 Å². The van der Waals surface area contributed by atoms with Gasteiger partial charge in [-0.1, -0.05) is 0 Å². The molecule has 1 amide bonds. The zero-order valence-corrected chi connectivity index (χ0v) is 15.3. The van der Waals surface area contributed by atoms with Gasteiger partial charge in [-0.3, -0.25) is 9.59 Å². The molecule has 2 aromatic heterocycles. The molecule has 0 bridgehead atoms. The second-order valence-electron chi connectivity index (χ2n) is 6.42. The molecule has 3 heterocycles. The SMILES string of the molecule is CNC1CCN(C(=O)CCc2nc3sc(C)c(C)c3c(=O)[nH]2)CC1. The van der Waals surface area contributed by atoms with Gasteiger partial charge in [0.05, 0.1) is 5.39 Å². The summed E-state index contributed by atoms with van der Waals surface area (Å²) in [5.41, 5.74) is 0.901. The van der Waals surface area contributed by atoms with Crippen molar-refractivity contribution in [2.24, 2.45) is 0 Å². The van der Waals surface area contributed by atoms with Crippen LogP contribution in [0.4, 0.5) is 0 Å². The summed E-state index contributed by atoms with van der Waals surface area (Å²) in [6.45, 7) is 5.55. The number of carbonyl (C=O) groups is 1. The number of fused-ring (bicyclic) bond motifs is 1. The second-order valence-corrected chi connectivity index (χ2v) is 7.62. The van der Waals surface area contributed by atoms with Crippen molar-refractivity contribution in [3.8, 4) is 0 Å². The van der Waals surface area contributed by atoms with Gasteiger partial charge in [0.25, 0.3) is 5.56 Å². The van der Waals surface area contributed by atoms with E-state index in [0.717, 1.165) is 41.2 Å². The van der Waals surface area contributed by atoms with Gasteiger partial charge in [-0.05, 0) is 39.3 Å². The van der Waals surface area contributed by atoms with E-state index in [9.17, 15) is 9.59 Å². The van der Waals surface area contributed by atoms with E-state index in [-0.39, 0.29) is 11.5 Å². The first-order valence-corrected chi connectivity index (χ1v) is 9.25. The molecule has 0 radical (unpaired) electrons. The van der Waals surface area contributed by atoms with Gasteiger partial charge in [-0.2, -0.15) is 0 Å². The molecule has 2 aromatic rings. The van der Waals surface area contributed by atoms with Crippen molar-refractivity contribution in [3.63, 3.8) is 0 Å². The van der Waals surface area contributed by atoms with Crippen LogP contribution in [0.2, 0.25) is 0 Å². The number of hydrogen-bond acceptors (Lipinski definition) is 5. The first-order valence-electron chi connectivity index (χ1n) is 8.43. The highest BCUT2D eigenvalue weighted by molar-refractivity contribution is 7.18. The molecule has 1 fully saturated rings. The third-order valence-electron chi connectivity index (χ3n) is 4.92. The van der Waals surface area contributed by atoms with Crippen LogP contribution in [0.15, 0.2) is 4.79 Å². The lowest BCUT2D eigenvalue weighted by molar-refractivity contribution is -0.132. The van der Waals surface area contributed by atoms with Crippen molar-refractivity contribution in [1.82, 2.24) is 20.2 Å². The molecule has 2 N–H and O–H groups in total. The van der Waals surface area contributed by atoms with E-state index in [1.807, 2.05) is 25.8 Å². The van der Waals surface area contributed by atoms with Crippen LogP contribution in [0.5, 0.6) is 0 Å². The van der Waals surface area contributed by atoms with Gasteiger partial charge < -0.3 is 15.2 Å². The second kappa shape index (κ2) is 7.03. The number of aryl methyl sites for hydroxylation is 3. The number of carbonyl (C=O) groups excluding carboxylic acids is 1. The number of rotatable bonds is 4. The molecule has 3 rings (SSSR count). The minimum Gasteiger partial charge on any atom is -0.343 e. The molecular weight excluding hydrogens is 324 g/mol. The summed E-state index contributed by atoms with van der Waals surface area (Å²) in [6, 6.07) is 0.514. The summed E-state index contributed by atoms with van der Waals surface area (Å²) < 4.78 is 0. The highest BCUT2D eigenvalue weighted by Crippen LogP contribution is 2.25. The normalized spacial score (nSPS) is 16.0. The lowest BCUT2D eigenvalue weighted by Crippen LogP contribution is -2.44. The molecule has 24 heavy (non-hydrogen) atoms. The molecule has 6 nitrogen and oxygen atoms in total. The Balaban J connectivity index is 1.65. The van der Waals surface area contributed by atoms with Gasteiger partial charge in [0, 0.05) is 36.9 Å². The van der Waals surface area contributed by atoms with Crippen LogP contribution in [0.25, 0.3) is 10.2 Å². The maximum atomic E-state index is 12.4. The Bertz CT molecular complexity index is 803. The standard InChI is InChI=1S/C17H24N4O2S/c1-10-11(2)24-17-15(10)16(23)19-13(20-17)4-5-14(22)21-8-6-12(18-3)7-9-21/h12,18H,4-9H2,1-3H3,(H,19,20,23). The van der Waals surface area contributed by atoms with Gasteiger partial charge in [-0.15, -0.1) is 11.3 Å². The third-order valence-corrected chi connectivity index (χ3v) is 6.02. The molecule has 0 saturated carbocycles. The number of hydrogen-bond donors (Lipinski definition) is 2. The van der Waals surface area contributed by atoms with Crippen LogP contribution in [0.3, 0.4) is 0 Å². The molecule has 0 unspecified atom stereocenters. The number of nitrogens with zero attached hydrogens (tertiary/aromatic N) is 2. The minimum atomic E-state index is -0.0980. The van der Waals surface area contributed by atoms with E-state index in [1.54, 1.807) is 0 Å². The molecule has 0 aliphatic carbocycles. The summed E-state index contributed by atoms with van der Waals surface area (Å²) in [7, 11) is 1.97. The largest absolute Gasteiger partial charge is 0.343 e. The first kappa shape index (κ1) is 17.1. The number of aromatic nitrogens is 2. The van der Waals surface area contributed by atoms with Crippen molar-refractivity contribution in [2.75, 3.05) is 20.1 Å². The highest BCUT2D eigenvalue weighted by atomic mass is 32.1. The zero-order valence-electron chi connectivity index (χ0n) is 14.4. The van der Waals surface area contributed by atoms with Gasteiger partial charge in [0.2, 0.25) is 5.91 Å². The monoisotopic (exact) mass is 348 g/mol. The van der Waals surface area contributed by atoms with Crippen LogP contribution in [-0.4, -0.2) is 47.0 Å². The minimum absolute atomic E-state index is 0.0980. The Morgan fingerprint density at radius 2 is 2.08 bits per heavy atom. The number of aromatic amines is 1. The average molecular weight is 348 g/mol. The molecular formula is C17H24N4O2S. The highest BCUT2D eigenvalue weighted by Gasteiger charge is 2.21. The molecule has 130 valence electrons. The molecule has 0 spiro atoms. The maximum absolute atomic E-state index is 12.4. The fraction of sp³-hybridized carbons (Fsp3) is 0.588. The summed E-state index contributed by atoms with van der Waals surface area (Å²) in [6.07, 6.45) is 2.86. The molecule has 0 aromatic carbocycles. The van der Waals surface area contributed by atoms with Crippen molar-refractivity contribution in [1.29, 1.82) is 0 Å². The van der Waals surface area contributed by atoms with Crippen molar-refractivity contribution >= 4 is 27.5 Å². The number of thiophene rings is 1. The molecule has 1 aliphatic rings. The fourth-order valence-electron chi connectivity index (χ4n) is 3.22. The van der Waals surface area contributed by atoms with Crippen LogP contribution in [0.1, 0.15) is 35.5 Å². The number of amides is 1. The predicted octanol–water partition coefficient (Wildman–Crippen LogP) is 1.74. The van der Waals surface area contributed by atoms with Gasteiger partial charge in [-0.25, -0.2) is 4.98 Å². The maximum Gasteiger partial charge on any atom is 0.259 e. The number of nitrogens with one attached hydrogen (secondary N) is 2. The van der Waals surface area contributed by atoms with Crippen LogP contribution >= 0.6 is 11.3 Å². The molecule has 1 saturated heterocycles. The van der Waals surface area contributed by atoms with E-state index in [1.165, 1.54) is 11.3 Å². The van der Waals surface area contributed by atoms with E-state index < -0.39 is 0 Å². The molecule has 1 aliphatic heterocycles. The Hall–Kier alpha value is -1.73. The number of H-pyrrole nitrogens is 1. The Labute approximate surface area is 145 Å². The molecule has 0 atom stereocenters. The van der Waals surface area contributed by atoms with Crippen molar-refractivity contribution in [2.45, 2.75) is 45.6 Å². The number of likely N-dealkylation sites (tertiary alicyclic amines) is 1. The summed E-state index contributed by atoms with van der Waals surface area (Å²) in [5, 5.41) is 3.95. The van der Waals surface area contributed by atoms with E-state index in [4.69, 9.17) is 0 Å². The molecule has 7 heteroatoms. The van der Waals surface area contributed by atoms with E-state index in [2.05, 4.69) is 15.3 Å². The Kier molecular flexibility index (Phi) is 5.01. The Morgan fingerprint density at radius 1 is 1.38 bits per heavy atom. The quantitative estimate of drug-likeness (QED) is 0.882. The van der Waals surface area contributed by atoms with Gasteiger partial charge >= 0.3 is 0 Å². The Morgan fingerprint density at radius 3 is 2.75 bits per heavy atom. The third kappa shape index (κ3) is 3.37. The predicted molar refractivity (Wildman–Crippen MR) is 96.7 cm³/mol. The van der Waals surface area contributed by atoms with Crippen LogP contribution in [-0.2, 0) is 11.2 Å². The van der Waals surface area contributed by atoms with Crippen molar-refractivity contribution < 1.29 is 4.79 Å². The van der Waals surface area contributed by atoms with Crippen molar-refractivity contribution in [3.05, 3.63) is 26.6 Å². The summed E-state index contributed by atoms with van der Waals surface area (Å²) in [5.74, 6) is 0.748. The zero-order chi connectivity index (χ0) is 17.3. The first-order chi connectivity index (χ1) is 11.5. The topological polar surface area (TPSA) is 78.1 Å². The van der Waals surface area contributed by atoms with Gasteiger partial charge in [0.15, 0.2) is 0 Å². The smallest absolute Gasteiger partial charge is 0.259 e. The summed E-state index contributed by atoms with van der Waals surface area (Å²) >= 11 is 1.54. The lowest BCUT2D eigenvalue weighted by atomic mass is 10.0. The fourth-order valence-corrected chi connectivity index (χ4v) is 4.27.